The first kappa shape index (κ1) is 23.9. The van der Waals surface area contributed by atoms with Gasteiger partial charge in [-0.25, -0.2) is 23.7 Å². The van der Waals surface area contributed by atoms with Gasteiger partial charge in [-0.2, -0.15) is 0 Å². The highest BCUT2D eigenvalue weighted by molar-refractivity contribution is 6.01. The molecule has 4 heterocycles. The van der Waals surface area contributed by atoms with Gasteiger partial charge in [0.25, 0.3) is 0 Å². The van der Waals surface area contributed by atoms with Crippen LogP contribution in [-0.4, -0.2) is 51.8 Å². The summed E-state index contributed by atoms with van der Waals surface area (Å²) in [6.45, 7) is 4.00. The van der Waals surface area contributed by atoms with Crippen molar-refractivity contribution in [2.45, 2.75) is 57.0 Å². The van der Waals surface area contributed by atoms with Crippen LogP contribution in [0.2, 0.25) is 0 Å². The number of aromatic nitrogens is 3. The predicted octanol–water partition coefficient (Wildman–Crippen LogP) is 5.95. The Balaban J connectivity index is 1.22. The summed E-state index contributed by atoms with van der Waals surface area (Å²) >= 11 is 0. The van der Waals surface area contributed by atoms with Crippen LogP contribution < -0.4 is 10.1 Å². The molecule has 1 spiro atoms. The Kier molecular flexibility index (Phi) is 6.10. The molecule has 1 saturated carbocycles. The summed E-state index contributed by atoms with van der Waals surface area (Å²) < 4.78 is 36.1. The third-order valence-electron chi connectivity index (χ3n) is 7.97. The van der Waals surface area contributed by atoms with E-state index in [4.69, 9.17) is 4.74 Å². The van der Waals surface area contributed by atoms with Gasteiger partial charge in [0.2, 0.25) is 5.95 Å². The first-order valence-corrected chi connectivity index (χ1v) is 12.9. The normalized spacial score (nSPS) is 19.2. The van der Waals surface area contributed by atoms with Crippen molar-refractivity contribution >= 4 is 23.2 Å². The van der Waals surface area contributed by atoms with E-state index < -0.39 is 11.6 Å². The Labute approximate surface area is 215 Å². The number of hydrogen-bond acceptors (Lipinski definition) is 7. The molecule has 9 heteroatoms. The van der Waals surface area contributed by atoms with Crippen LogP contribution >= 0.6 is 0 Å². The minimum absolute atomic E-state index is 0.0409. The molecule has 0 bridgehead atoms. The van der Waals surface area contributed by atoms with E-state index in [1.54, 1.807) is 12.3 Å². The molecule has 37 heavy (non-hydrogen) atoms. The van der Waals surface area contributed by atoms with E-state index in [-0.39, 0.29) is 23.2 Å². The monoisotopic (exact) mass is 504 g/mol. The van der Waals surface area contributed by atoms with E-state index >= 15 is 4.39 Å². The fourth-order valence-electron chi connectivity index (χ4n) is 5.86. The zero-order chi connectivity index (χ0) is 25.6. The van der Waals surface area contributed by atoms with Crippen molar-refractivity contribution in [1.82, 2.24) is 19.9 Å². The van der Waals surface area contributed by atoms with Gasteiger partial charge in [0.15, 0.2) is 5.82 Å². The van der Waals surface area contributed by atoms with Crippen LogP contribution in [-0.2, 0) is 5.41 Å². The first-order valence-electron chi connectivity index (χ1n) is 12.9. The van der Waals surface area contributed by atoms with Gasteiger partial charge in [0.1, 0.15) is 34.9 Å². The quantitative estimate of drug-likeness (QED) is 0.463. The van der Waals surface area contributed by atoms with E-state index in [0.29, 0.717) is 22.8 Å². The number of hydrogen-bond donors (Lipinski definition) is 1. The highest BCUT2D eigenvalue weighted by atomic mass is 19.1. The Bertz CT molecular complexity index is 1350. The van der Waals surface area contributed by atoms with Crippen LogP contribution in [0.5, 0.6) is 5.75 Å². The lowest BCUT2D eigenvalue weighted by atomic mass is 9.76. The maximum Gasteiger partial charge on any atom is 0.229 e. The highest BCUT2D eigenvalue weighted by Crippen LogP contribution is 2.52. The van der Waals surface area contributed by atoms with Crippen LogP contribution in [0.4, 0.5) is 26.2 Å². The number of ether oxygens (including phenoxy) is 1. The SMILES string of the molecule is CC1=Nc2c(F)cc(-c3nc(Nc4ccc(OC5CCN(C)CC5)cn4)ncc3F)cc2C12CCCC2. The highest BCUT2D eigenvalue weighted by Gasteiger charge is 2.44. The van der Waals surface area contributed by atoms with Crippen LogP contribution in [0.3, 0.4) is 0 Å². The second kappa shape index (κ2) is 9.45. The topological polar surface area (TPSA) is 75.5 Å². The Hall–Kier alpha value is -3.46. The Morgan fingerprint density at radius 2 is 1.81 bits per heavy atom. The van der Waals surface area contributed by atoms with Crippen LogP contribution in [0.25, 0.3) is 11.3 Å². The number of aliphatic imine (C=N–C) groups is 1. The number of halogens is 2. The smallest absolute Gasteiger partial charge is 0.229 e. The second-order valence-electron chi connectivity index (χ2n) is 10.4. The van der Waals surface area contributed by atoms with Gasteiger partial charge >= 0.3 is 0 Å². The van der Waals surface area contributed by atoms with Gasteiger partial charge < -0.3 is 15.0 Å². The van der Waals surface area contributed by atoms with Crippen molar-refractivity contribution < 1.29 is 13.5 Å². The van der Waals surface area contributed by atoms with Gasteiger partial charge in [-0.3, -0.25) is 4.99 Å². The van der Waals surface area contributed by atoms with E-state index in [1.165, 1.54) is 6.07 Å². The minimum Gasteiger partial charge on any atom is -0.489 e. The fourth-order valence-corrected chi connectivity index (χ4v) is 5.86. The number of piperidine rings is 1. The molecule has 7 nitrogen and oxygen atoms in total. The number of likely N-dealkylation sites (tertiary alicyclic amines) is 1. The number of nitrogens with zero attached hydrogens (tertiary/aromatic N) is 5. The summed E-state index contributed by atoms with van der Waals surface area (Å²) in [5.74, 6) is 0.313. The molecule has 2 fully saturated rings. The molecule has 2 aliphatic heterocycles. The summed E-state index contributed by atoms with van der Waals surface area (Å²) in [5, 5.41) is 3.02. The zero-order valence-corrected chi connectivity index (χ0v) is 21.1. The van der Waals surface area contributed by atoms with Crippen molar-refractivity contribution in [3.05, 3.63) is 53.9 Å². The van der Waals surface area contributed by atoms with Crippen LogP contribution in [0.15, 0.2) is 41.7 Å². The summed E-state index contributed by atoms with van der Waals surface area (Å²) in [7, 11) is 2.11. The lowest BCUT2D eigenvalue weighted by Gasteiger charge is -2.29. The van der Waals surface area contributed by atoms with E-state index in [0.717, 1.165) is 69.1 Å². The fraction of sp³-hybridized carbons (Fsp3) is 0.429. The summed E-state index contributed by atoms with van der Waals surface area (Å²) in [4.78, 5) is 19.7. The molecule has 1 aliphatic carbocycles. The molecule has 192 valence electrons. The van der Waals surface area contributed by atoms with E-state index in [1.807, 2.05) is 19.1 Å². The predicted molar refractivity (Wildman–Crippen MR) is 139 cm³/mol. The molecule has 2 aromatic heterocycles. The molecule has 0 atom stereocenters. The lowest BCUT2D eigenvalue weighted by molar-refractivity contribution is 0.114. The number of pyridine rings is 1. The van der Waals surface area contributed by atoms with Crippen LogP contribution in [0, 0.1) is 11.6 Å². The third-order valence-corrected chi connectivity index (χ3v) is 7.97. The van der Waals surface area contributed by atoms with Gasteiger partial charge in [0, 0.05) is 29.8 Å². The largest absolute Gasteiger partial charge is 0.489 e. The Morgan fingerprint density at radius 1 is 1.03 bits per heavy atom. The van der Waals surface area contributed by atoms with Crippen molar-refractivity contribution in [3.8, 4) is 17.0 Å². The van der Waals surface area contributed by atoms with Gasteiger partial charge in [-0.15, -0.1) is 0 Å². The molecule has 0 amide bonds. The molecule has 6 rings (SSSR count). The molecule has 3 aromatic rings. The maximum absolute atomic E-state index is 15.1. The van der Waals surface area contributed by atoms with Crippen molar-refractivity contribution in [3.63, 3.8) is 0 Å². The third kappa shape index (κ3) is 4.45. The molecule has 3 aliphatic rings. The molecule has 1 aromatic carbocycles. The molecular weight excluding hydrogens is 474 g/mol. The number of rotatable bonds is 5. The van der Waals surface area contributed by atoms with Crippen molar-refractivity contribution in [1.29, 1.82) is 0 Å². The summed E-state index contributed by atoms with van der Waals surface area (Å²) in [5.41, 5.74) is 2.33. The van der Waals surface area contributed by atoms with Crippen LogP contribution in [0.1, 0.15) is 51.0 Å². The van der Waals surface area contributed by atoms with Gasteiger partial charge in [0.05, 0.1) is 12.4 Å². The first-order chi connectivity index (χ1) is 17.9. The molecular formula is C28H30F2N6O. The van der Waals surface area contributed by atoms with Gasteiger partial charge in [-0.1, -0.05) is 12.8 Å². The minimum atomic E-state index is -0.615. The molecule has 1 saturated heterocycles. The van der Waals surface area contributed by atoms with Crippen molar-refractivity contribution in [2.24, 2.45) is 4.99 Å². The average Bonchev–Trinajstić information content (AvgIpc) is 3.50. The zero-order valence-electron chi connectivity index (χ0n) is 21.1. The maximum atomic E-state index is 15.1. The van der Waals surface area contributed by atoms with Crippen molar-refractivity contribution in [2.75, 3.05) is 25.5 Å². The van der Waals surface area contributed by atoms with E-state index in [2.05, 4.69) is 37.2 Å². The number of anilines is 2. The second-order valence-corrected chi connectivity index (χ2v) is 10.4. The molecule has 0 radical (unpaired) electrons. The lowest BCUT2D eigenvalue weighted by Crippen LogP contribution is -2.35. The molecule has 1 N–H and O–H groups in total. The molecule has 0 unspecified atom stereocenters. The number of fused-ring (bicyclic) bond motifs is 2. The average molecular weight is 505 g/mol. The summed E-state index contributed by atoms with van der Waals surface area (Å²) in [6.07, 6.45) is 8.92. The van der Waals surface area contributed by atoms with E-state index in [9.17, 15) is 4.39 Å². The van der Waals surface area contributed by atoms with Gasteiger partial charge in [-0.05, 0) is 69.5 Å². The standard InChI is InChI=1S/C28H30F2N6O/c1-17-28(9-3-4-10-28)21-13-18(14-22(29)26(21)33-17)25-23(30)16-32-27(35-25)34-24-6-5-20(15-31-24)37-19-7-11-36(2)12-8-19/h5-6,13-16,19H,3-4,7-12H2,1-2H3,(H,31,32,34,35). The number of benzene rings is 1. The summed E-state index contributed by atoms with van der Waals surface area (Å²) in [6, 6.07) is 6.78. The number of nitrogens with one attached hydrogen (secondary N) is 1. The Morgan fingerprint density at radius 3 is 2.54 bits per heavy atom.